The van der Waals surface area contributed by atoms with E-state index < -0.39 is 0 Å². The molecule has 2 aromatic rings. The van der Waals surface area contributed by atoms with Crippen molar-refractivity contribution in [3.8, 4) is 0 Å². The Morgan fingerprint density at radius 2 is 2.04 bits per heavy atom. The standard InChI is InChI=1S/C20H26N6O2/c1-12-19(14(3)27)13(2)26(24-12)11-18(28)22-16-7-9-25(10-16)20-21-8-6-17(23-20)15-4-5-15/h6,8,15-16H,4-5,7,9-11H2,1-3H3,(H,22,28). The molecule has 1 N–H and O–H groups in total. The minimum atomic E-state index is -0.0970. The van der Waals surface area contributed by atoms with Crippen LogP contribution in [0.15, 0.2) is 12.3 Å². The third-order valence-corrected chi connectivity index (χ3v) is 5.52. The van der Waals surface area contributed by atoms with Gasteiger partial charge in [-0.2, -0.15) is 5.10 Å². The molecule has 0 radical (unpaired) electrons. The second-order valence-electron chi connectivity index (χ2n) is 7.81. The summed E-state index contributed by atoms with van der Waals surface area (Å²) < 4.78 is 1.61. The average Bonchev–Trinajstić information content (AvgIpc) is 3.33. The molecular weight excluding hydrogens is 356 g/mol. The lowest BCUT2D eigenvalue weighted by Gasteiger charge is -2.17. The lowest BCUT2D eigenvalue weighted by Crippen LogP contribution is -2.39. The van der Waals surface area contributed by atoms with Gasteiger partial charge in [-0.05, 0) is 46.1 Å². The van der Waals surface area contributed by atoms with Crippen molar-refractivity contribution in [3.63, 3.8) is 0 Å². The maximum absolute atomic E-state index is 12.5. The summed E-state index contributed by atoms with van der Waals surface area (Å²) in [5, 5.41) is 7.43. The van der Waals surface area contributed by atoms with Crippen LogP contribution in [-0.2, 0) is 11.3 Å². The normalized spacial score (nSPS) is 19.1. The maximum atomic E-state index is 12.5. The van der Waals surface area contributed by atoms with E-state index in [9.17, 15) is 9.59 Å². The fourth-order valence-corrected chi connectivity index (χ4v) is 3.95. The summed E-state index contributed by atoms with van der Waals surface area (Å²) in [5.41, 5.74) is 3.13. The quantitative estimate of drug-likeness (QED) is 0.766. The Balaban J connectivity index is 1.35. The number of ketones is 1. The van der Waals surface area contributed by atoms with Crippen LogP contribution in [0, 0.1) is 13.8 Å². The van der Waals surface area contributed by atoms with E-state index in [1.165, 1.54) is 19.8 Å². The van der Waals surface area contributed by atoms with Crippen LogP contribution in [0.25, 0.3) is 0 Å². The molecule has 1 unspecified atom stereocenters. The first kappa shape index (κ1) is 18.6. The van der Waals surface area contributed by atoms with Crippen LogP contribution in [0.1, 0.15) is 59.5 Å². The van der Waals surface area contributed by atoms with Crippen molar-refractivity contribution in [3.05, 3.63) is 34.9 Å². The number of aromatic nitrogens is 4. The summed E-state index contributed by atoms with van der Waals surface area (Å²) in [7, 11) is 0. The molecule has 28 heavy (non-hydrogen) atoms. The Hall–Kier alpha value is -2.77. The number of hydrogen-bond donors (Lipinski definition) is 1. The van der Waals surface area contributed by atoms with Crippen LogP contribution in [-0.4, -0.2) is 50.6 Å². The van der Waals surface area contributed by atoms with E-state index >= 15 is 0 Å². The number of amides is 1. The predicted molar refractivity (Wildman–Crippen MR) is 104 cm³/mol. The van der Waals surface area contributed by atoms with E-state index in [0.717, 1.165) is 30.3 Å². The highest BCUT2D eigenvalue weighted by Gasteiger charge is 2.29. The Morgan fingerprint density at radius 1 is 1.25 bits per heavy atom. The number of rotatable bonds is 6. The zero-order chi connectivity index (χ0) is 19.8. The van der Waals surface area contributed by atoms with Gasteiger partial charge in [0.1, 0.15) is 6.54 Å². The van der Waals surface area contributed by atoms with E-state index in [4.69, 9.17) is 4.98 Å². The Bertz CT molecular complexity index is 917. The molecule has 2 aliphatic rings. The molecule has 1 aliphatic heterocycles. The number of aryl methyl sites for hydroxylation is 1. The molecule has 8 nitrogen and oxygen atoms in total. The van der Waals surface area contributed by atoms with Gasteiger partial charge in [-0.25, -0.2) is 9.97 Å². The van der Waals surface area contributed by atoms with Crippen molar-refractivity contribution in [2.75, 3.05) is 18.0 Å². The number of nitrogens with one attached hydrogen (secondary N) is 1. The Kier molecular flexibility index (Phi) is 4.87. The first-order valence-electron chi connectivity index (χ1n) is 9.84. The molecule has 8 heteroatoms. The minimum absolute atomic E-state index is 0.0264. The topological polar surface area (TPSA) is 93.0 Å². The number of Topliss-reactive ketones (excluding diaryl/α,β-unsaturated/α-hetero) is 1. The fourth-order valence-electron chi connectivity index (χ4n) is 3.95. The minimum Gasteiger partial charge on any atom is -0.350 e. The van der Waals surface area contributed by atoms with Gasteiger partial charge in [-0.1, -0.05) is 0 Å². The van der Waals surface area contributed by atoms with E-state index in [2.05, 4.69) is 20.3 Å². The molecule has 0 aromatic carbocycles. The predicted octanol–water partition coefficient (Wildman–Crippen LogP) is 1.77. The molecule has 1 saturated heterocycles. The lowest BCUT2D eigenvalue weighted by molar-refractivity contribution is -0.122. The molecule has 0 spiro atoms. The summed E-state index contributed by atoms with van der Waals surface area (Å²) in [6.07, 6.45) is 5.12. The number of carbonyl (C=O) groups is 2. The van der Waals surface area contributed by atoms with Crippen molar-refractivity contribution in [1.29, 1.82) is 0 Å². The molecule has 148 valence electrons. The average molecular weight is 382 g/mol. The van der Waals surface area contributed by atoms with Gasteiger partial charge < -0.3 is 10.2 Å². The van der Waals surface area contributed by atoms with Crippen molar-refractivity contribution in [1.82, 2.24) is 25.1 Å². The van der Waals surface area contributed by atoms with Crippen molar-refractivity contribution in [2.45, 2.75) is 58.5 Å². The second kappa shape index (κ2) is 7.33. The number of hydrogen-bond acceptors (Lipinski definition) is 6. The smallest absolute Gasteiger partial charge is 0.242 e. The Labute approximate surface area is 164 Å². The molecule has 1 saturated carbocycles. The summed E-state index contributed by atoms with van der Waals surface area (Å²) in [6, 6.07) is 2.06. The number of anilines is 1. The van der Waals surface area contributed by atoms with Gasteiger partial charge >= 0.3 is 0 Å². The molecule has 4 rings (SSSR count). The van der Waals surface area contributed by atoms with Crippen LogP contribution < -0.4 is 10.2 Å². The maximum Gasteiger partial charge on any atom is 0.242 e. The van der Waals surface area contributed by atoms with Gasteiger partial charge in [0.25, 0.3) is 0 Å². The van der Waals surface area contributed by atoms with Gasteiger partial charge in [0.05, 0.1) is 11.3 Å². The first-order chi connectivity index (χ1) is 13.4. The monoisotopic (exact) mass is 382 g/mol. The van der Waals surface area contributed by atoms with Gasteiger partial charge in [-0.3, -0.25) is 14.3 Å². The molecule has 3 heterocycles. The van der Waals surface area contributed by atoms with Gasteiger partial charge in [-0.15, -0.1) is 0 Å². The highest BCUT2D eigenvalue weighted by molar-refractivity contribution is 5.96. The summed E-state index contributed by atoms with van der Waals surface area (Å²) in [6.45, 7) is 6.79. The van der Waals surface area contributed by atoms with E-state index in [1.807, 2.05) is 19.2 Å². The molecular formula is C20H26N6O2. The summed E-state index contributed by atoms with van der Waals surface area (Å²) in [5.74, 6) is 1.23. The van der Waals surface area contributed by atoms with Crippen LogP contribution in [0.5, 0.6) is 0 Å². The fraction of sp³-hybridized carbons (Fsp3) is 0.550. The molecule has 2 aromatic heterocycles. The van der Waals surface area contributed by atoms with Gasteiger partial charge in [0.15, 0.2) is 5.78 Å². The first-order valence-corrected chi connectivity index (χ1v) is 9.84. The van der Waals surface area contributed by atoms with E-state index in [1.54, 1.807) is 11.6 Å². The molecule has 0 bridgehead atoms. The molecule has 1 aliphatic carbocycles. The number of nitrogens with zero attached hydrogens (tertiary/aromatic N) is 5. The zero-order valence-electron chi connectivity index (χ0n) is 16.6. The highest BCUT2D eigenvalue weighted by atomic mass is 16.2. The third kappa shape index (κ3) is 3.76. The summed E-state index contributed by atoms with van der Waals surface area (Å²) in [4.78, 5) is 35.5. The van der Waals surface area contributed by atoms with Crippen molar-refractivity contribution < 1.29 is 9.59 Å². The lowest BCUT2D eigenvalue weighted by atomic mass is 10.1. The SMILES string of the molecule is CC(=O)c1c(C)nn(CC(=O)NC2CCN(c3nccc(C4CC4)n3)C2)c1C. The van der Waals surface area contributed by atoms with Crippen LogP contribution >= 0.6 is 0 Å². The zero-order valence-corrected chi connectivity index (χ0v) is 16.6. The van der Waals surface area contributed by atoms with E-state index in [-0.39, 0.29) is 24.3 Å². The van der Waals surface area contributed by atoms with Crippen LogP contribution in [0.3, 0.4) is 0 Å². The third-order valence-electron chi connectivity index (χ3n) is 5.52. The van der Waals surface area contributed by atoms with Gasteiger partial charge in [0, 0.05) is 42.6 Å². The second-order valence-corrected chi connectivity index (χ2v) is 7.81. The van der Waals surface area contributed by atoms with Crippen molar-refractivity contribution >= 4 is 17.6 Å². The van der Waals surface area contributed by atoms with Crippen LogP contribution in [0.4, 0.5) is 5.95 Å². The van der Waals surface area contributed by atoms with E-state index in [0.29, 0.717) is 23.7 Å². The molecule has 2 fully saturated rings. The molecule has 1 amide bonds. The number of carbonyl (C=O) groups excluding carboxylic acids is 2. The highest BCUT2D eigenvalue weighted by Crippen LogP contribution is 2.39. The largest absolute Gasteiger partial charge is 0.350 e. The summed E-state index contributed by atoms with van der Waals surface area (Å²) >= 11 is 0. The van der Waals surface area contributed by atoms with Crippen LogP contribution in [0.2, 0.25) is 0 Å². The van der Waals surface area contributed by atoms with Gasteiger partial charge in [0.2, 0.25) is 11.9 Å². The molecule has 1 atom stereocenters. The van der Waals surface area contributed by atoms with Crippen molar-refractivity contribution in [2.24, 2.45) is 0 Å². The Morgan fingerprint density at radius 3 is 2.71 bits per heavy atom.